The third-order valence-corrected chi connectivity index (χ3v) is 4.53. The summed E-state index contributed by atoms with van der Waals surface area (Å²) in [6.45, 7) is 6.23. The van der Waals surface area contributed by atoms with E-state index < -0.39 is 0 Å². The molecule has 0 aliphatic carbocycles. The number of hydrogen-bond donors (Lipinski definition) is 0. The fourth-order valence-electron chi connectivity index (χ4n) is 3.15. The van der Waals surface area contributed by atoms with Crippen LogP contribution in [-0.4, -0.2) is 30.0 Å². The lowest BCUT2D eigenvalue weighted by Crippen LogP contribution is -2.43. The average molecular weight is 323 g/mol. The van der Waals surface area contributed by atoms with Crippen molar-refractivity contribution >= 4 is 5.91 Å². The van der Waals surface area contributed by atoms with E-state index in [1.807, 2.05) is 36.1 Å². The summed E-state index contributed by atoms with van der Waals surface area (Å²) in [5.74, 6) is 0.110. The number of ether oxygens (including phenoxy) is 1. The molecular weight excluding hydrogens is 298 g/mol. The van der Waals surface area contributed by atoms with Crippen LogP contribution in [0.1, 0.15) is 39.9 Å². The number of likely N-dealkylation sites (tertiary alicyclic amines) is 1. The van der Waals surface area contributed by atoms with E-state index in [0.717, 1.165) is 24.9 Å². The molecule has 0 radical (unpaired) electrons. The van der Waals surface area contributed by atoms with Gasteiger partial charge >= 0.3 is 0 Å². The SMILES string of the molecule is Cc1ccc(C(=O)N2CCC[C@@H](OCc3cccc(C)c3)C2)cc1. The Bertz CT molecular complexity index is 693. The molecule has 3 heteroatoms. The molecule has 1 amide bonds. The largest absolute Gasteiger partial charge is 0.372 e. The van der Waals surface area contributed by atoms with Gasteiger partial charge in [0, 0.05) is 18.7 Å². The first-order valence-corrected chi connectivity index (χ1v) is 8.65. The monoisotopic (exact) mass is 323 g/mol. The first-order chi connectivity index (χ1) is 11.6. The molecule has 1 aliphatic rings. The molecule has 0 aromatic heterocycles. The number of hydrogen-bond acceptors (Lipinski definition) is 2. The second kappa shape index (κ2) is 7.63. The number of nitrogens with zero attached hydrogens (tertiary/aromatic N) is 1. The summed E-state index contributed by atoms with van der Waals surface area (Å²) in [5.41, 5.74) is 4.37. The van der Waals surface area contributed by atoms with Crippen molar-refractivity contribution in [3.05, 3.63) is 70.8 Å². The quantitative estimate of drug-likeness (QED) is 0.847. The highest BCUT2D eigenvalue weighted by Crippen LogP contribution is 2.18. The Hall–Kier alpha value is -2.13. The third kappa shape index (κ3) is 4.24. The van der Waals surface area contributed by atoms with Crippen molar-refractivity contribution in [3.63, 3.8) is 0 Å². The smallest absolute Gasteiger partial charge is 0.253 e. The van der Waals surface area contributed by atoms with Gasteiger partial charge in [-0.2, -0.15) is 0 Å². The summed E-state index contributed by atoms with van der Waals surface area (Å²) < 4.78 is 6.07. The first-order valence-electron chi connectivity index (χ1n) is 8.65. The zero-order valence-electron chi connectivity index (χ0n) is 14.5. The molecule has 1 saturated heterocycles. The number of piperidine rings is 1. The number of carbonyl (C=O) groups is 1. The lowest BCUT2D eigenvalue weighted by molar-refractivity contribution is -0.00673. The number of aryl methyl sites for hydroxylation is 2. The van der Waals surface area contributed by atoms with Gasteiger partial charge in [-0.3, -0.25) is 4.79 Å². The standard InChI is InChI=1S/C21H25NO2/c1-16-8-10-19(11-9-16)21(23)22-12-4-7-20(14-22)24-15-18-6-3-5-17(2)13-18/h3,5-6,8-11,13,20H,4,7,12,14-15H2,1-2H3/t20-/m1/s1. The second-order valence-electron chi connectivity index (χ2n) is 6.68. The van der Waals surface area contributed by atoms with Gasteiger partial charge in [-0.05, 0) is 44.4 Å². The highest BCUT2D eigenvalue weighted by molar-refractivity contribution is 5.94. The molecule has 0 N–H and O–H groups in total. The van der Waals surface area contributed by atoms with Crippen LogP contribution in [-0.2, 0) is 11.3 Å². The molecule has 0 spiro atoms. The van der Waals surface area contributed by atoms with E-state index in [4.69, 9.17) is 4.74 Å². The maximum Gasteiger partial charge on any atom is 0.253 e. The number of carbonyl (C=O) groups excluding carboxylic acids is 1. The van der Waals surface area contributed by atoms with Gasteiger partial charge in [0.15, 0.2) is 0 Å². The van der Waals surface area contributed by atoms with E-state index in [2.05, 4.69) is 31.2 Å². The summed E-state index contributed by atoms with van der Waals surface area (Å²) in [4.78, 5) is 14.6. The molecule has 1 aliphatic heterocycles. The minimum atomic E-state index is 0.110. The van der Waals surface area contributed by atoms with E-state index in [0.29, 0.717) is 13.2 Å². The van der Waals surface area contributed by atoms with E-state index in [-0.39, 0.29) is 12.0 Å². The molecule has 1 atom stereocenters. The Kier molecular flexibility index (Phi) is 5.31. The zero-order chi connectivity index (χ0) is 16.9. The van der Waals surface area contributed by atoms with Gasteiger partial charge in [0.1, 0.15) is 0 Å². The molecule has 0 unspecified atom stereocenters. The summed E-state index contributed by atoms with van der Waals surface area (Å²) in [6.07, 6.45) is 2.13. The van der Waals surface area contributed by atoms with Crippen molar-refractivity contribution < 1.29 is 9.53 Å². The summed E-state index contributed by atoms with van der Waals surface area (Å²) in [7, 11) is 0. The van der Waals surface area contributed by atoms with Crippen LogP contribution in [0.15, 0.2) is 48.5 Å². The number of amides is 1. The van der Waals surface area contributed by atoms with Gasteiger partial charge in [-0.25, -0.2) is 0 Å². The van der Waals surface area contributed by atoms with Crippen LogP contribution >= 0.6 is 0 Å². The lowest BCUT2D eigenvalue weighted by atomic mass is 10.1. The maximum absolute atomic E-state index is 12.6. The average Bonchev–Trinajstić information content (AvgIpc) is 2.60. The number of benzene rings is 2. The van der Waals surface area contributed by atoms with Gasteiger partial charge in [0.2, 0.25) is 0 Å². The number of rotatable bonds is 4. The van der Waals surface area contributed by atoms with Crippen molar-refractivity contribution in [2.24, 2.45) is 0 Å². The minimum Gasteiger partial charge on any atom is -0.372 e. The van der Waals surface area contributed by atoms with Crippen LogP contribution in [0.5, 0.6) is 0 Å². The van der Waals surface area contributed by atoms with Gasteiger partial charge in [0.05, 0.1) is 12.7 Å². The predicted octanol–water partition coefficient (Wildman–Crippen LogP) is 4.12. The van der Waals surface area contributed by atoms with Crippen LogP contribution in [0.4, 0.5) is 0 Å². The molecule has 126 valence electrons. The first kappa shape index (κ1) is 16.7. The Morgan fingerprint density at radius 3 is 2.67 bits per heavy atom. The molecule has 24 heavy (non-hydrogen) atoms. The summed E-state index contributed by atoms with van der Waals surface area (Å²) in [5, 5.41) is 0. The van der Waals surface area contributed by atoms with Crippen LogP contribution in [0.25, 0.3) is 0 Å². The topological polar surface area (TPSA) is 29.5 Å². The second-order valence-corrected chi connectivity index (χ2v) is 6.68. The van der Waals surface area contributed by atoms with Crippen molar-refractivity contribution in [1.29, 1.82) is 0 Å². The molecule has 1 heterocycles. The normalized spacial score (nSPS) is 17.8. The Balaban J connectivity index is 1.57. The highest BCUT2D eigenvalue weighted by Gasteiger charge is 2.24. The van der Waals surface area contributed by atoms with Gasteiger partial charge < -0.3 is 9.64 Å². The molecular formula is C21H25NO2. The summed E-state index contributed by atoms with van der Waals surface area (Å²) >= 11 is 0. The van der Waals surface area contributed by atoms with Crippen LogP contribution < -0.4 is 0 Å². The molecule has 1 fully saturated rings. The van der Waals surface area contributed by atoms with E-state index in [1.54, 1.807) is 0 Å². The molecule has 2 aromatic carbocycles. The maximum atomic E-state index is 12.6. The van der Waals surface area contributed by atoms with Crippen molar-refractivity contribution in [2.75, 3.05) is 13.1 Å². The zero-order valence-corrected chi connectivity index (χ0v) is 14.5. The van der Waals surface area contributed by atoms with Crippen LogP contribution in [0, 0.1) is 13.8 Å². The summed E-state index contributed by atoms with van der Waals surface area (Å²) in [6, 6.07) is 16.2. The van der Waals surface area contributed by atoms with Crippen molar-refractivity contribution in [2.45, 2.75) is 39.4 Å². The van der Waals surface area contributed by atoms with Gasteiger partial charge in [-0.15, -0.1) is 0 Å². The van der Waals surface area contributed by atoms with Crippen LogP contribution in [0.2, 0.25) is 0 Å². The fourth-order valence-corrected chi connectivity index (χ4v) is 3.15. The van der Waals surface area contributed by atoms with E-state index >= 15 is 0 Å². The Morgan fingerprint density at radius 2 is 1.92 bits per heavy atom. The minimum absolute atomic E-state index is 0.110. The van der Waals surface area contributed by atoms with Gasteiger partial charge in [-0.1, -0.05) is 47.5 Å². The van der Waals surface area contributed by atoms with Crippen LogP contribution in [0.3, 0.4) is 0 Å². The van der Waals surface area contributed by atoms with Gasteiger partial charge in [0.25, 0.3) is 5.91 Å². The fraction of sp³-hybridized carbons (Fsp3) is 0.381. The van der Waals surface area contributed by atoms with E-state index in [9.17, 15) is 4.79 Å². The molecule has 2 aromatic rings. The highest BCUT2D eigenvalue weighted by atomic mass is 16.5. The lowest BCUT2D eigenvalue weighted by Gasteiger charge is -2.32. The Labute approximate surface area is 144 Å². The Morgan fingerprint density at radius 1 is 1.12 bits per heavy atom. The van der Waals surface area contributed by atoms with E-state index in [1.165, 1.54) is 16.7 Å². The molecule has 0 saturated carbocycles. The predicted molar refractivity (Wildman–Crippen MR) is 96.1 cm³/mol. The van der Waals surface area contributed by atoms with Crippen molar-refractivity contribution in [1.82, 2.24) is 4.90 Å². The molecule has 3 rings (SSSR count). The molecule has 0 bridgehead atoms. The molecule has 3 nitrogen and oxygen atoms in total. The van der Waals surface area contributed by atoms with Crippen molar-refractivity contribution in [3.8, 4) is 0 Å². The third-order valence-electron chi connectivity index (χ3n) is 4.53.